The minimum atomic E-state index is -0.0191. The zero-order valence-corrected chi connectivity index (χ0v) is 14.9. The van der Waals surface area contributed by atoms with E-state index < -0.39 is 0 Å². The maximum absolute atomic E-state index is 13.0. The number of rotatable bonds is 5. The number of nitrogens with zero attached hydrogens (tertiary/aromatic N) is 3. The normalized spacial score (nSPS) is 17.1. The molecule has 0 aliphatic carbocycles. The quantitative estimate of drug-likeness (QED) is 0.831. The molecule has 1 saturated heterocycles. The van der Waals surface area contributed by atoms with E-state index in [1.807, 2.05) is 30.0 Å². The van der Waals surface area contributed by atoms with E-state index in [1.165, 1.54) is 11.5 Å². The minimum Gasteiger partial charge on any atom is -0.497 e. The topological polar surface area (TPSA) is 64.6 Å². The minimum absolute atomic E-state index is 0.00854. The number of amides is 1. The number of carbonyl (C=O) groups excluding carboxylic acids is 1. The van der Waals surface area contributed by atoms with Crippen LogP contribution >= 0.6 is 11.5 Å². The fraction of sp³-hybridized carbons (Fsp3) is 0.471. The van der Waals surface area contributed by atoms with E-state index in [2.05, 4.69) is 9.59 Å². The standard InChI is InChI=1S/C17H21N3O3S/c1-4-13-16(24-19-18-13)17(21)20-9-5-6-14(20)12-10-11(22-2)7-8-15(12)23-3/h7-8,10,14H,4-6,9H2,1-3H3/t14-/m1/s1. The van der Waals surface area contributed by atoms with Gasteiger partial charge in [0.1, 0.15) is 16.4 Å². The van der Waals surface area contributed by atoms with E-state index in [-0.39, 0.29) is 11.9 Å². The molecule has 24 heavy (non-hydrogen) atoms. The molecule has 1 aromatic heterocycles. The van der Waals surface area contributed by atoms with Crippen molar-refractivity contribution in [1.82, 2.24) is 14.5 Å². The number of likely N-dealkylation sites (tertiary alicyclic amines) is 1. The van der Waals surface area contributed by atoms with Gasteiger partial charge >= 0.3 is 0 Å². The van der Waals surface area contributed by atoms with Crippen LogP contribution in [0, 0.1) is 0 Å². The summed E-state index contributed by atoms with van der Waals surface area (Å²) in [5.41, 5.74) is 1.76. The molecule has 1 aromatic carbocycles. The summed E-state index contributed by atoms with van der Waals surface area (Å²) < 4.78 is 14.8. The van der Waals surface area contributed by atoms with Crippen molar-refractivity contribution in [3.05, 3.63) is 34.3 Å². The third-order valence-electron chi connectivity index (χ3n) is 4.39. The number of aryl methyl sites for hydroxylation is 1. The Morgan fingerprint density at radius 3 is 2.92 bits per heavy atom. The summed E-state index contributed by atoms with van der Waals surface area (Å²) >= 11 is 1.18. The first-order valence-electron chi connectivity index (χ1n) is 8.03. The number of hydrogen-bond acceptors (Lipinski definition) is 6. The summed E-state index contributed by atoms with van der Waals surface area (Å²) in [5.74, 6) is 1.55. The third kappa shape index (κ3) is 2.96. The fourth-order valence-electron chi connectivity index (χ4n) is 3.17. The van der Waals surface area contributed by atoms with Crippen LogP contribution in [0.2, 0.25) is 0 Å². The molecule has 6 nitrogen and oxygen atoms in total. The Morgan fingerprint density at radius 2 is 2.21 bits per heavy atom. The van der Waals surface area contributed by atoms with Gasteiger partial charge in [-0.05, 0) is 49.0 Å². The van der Waals surface area contributed by atoms with E-state index in [4.69, 9.17) is 9.47 Å². The maximum atomic E-state index is 13.0. The SMILES string of the molecule is CCc1nnsc1C(=O)N1CCC[C@@H]1c1cc(OC)ccc1OC. The molecule has 1 amide bonds. The lowest BCUT2D eigenvalue weighted by Crippen LogP contribution is -2.30. The molecular weight excluding hydrogens is 326 g/mol. The Morgan fingerprint density at radius 1 is 1.38 bits per heavy atom. The van der Waals surface area contributed by atoms with Crippen molar-refractivity contribution < 1.29 is 14.3 Å². The van der Waals surface area contributed by atoms with Gasteiger partial charge < -0.3 is 14.4 Å². The Hall–Kier alpha value is -2.15. The van der Waals surface area contributed by atoms with Gasteiger partial charge in [-0.15, -0.1) is 5.10 Å². The first-order valence-corrected chi connectivity index (χ1v) is 8.81. The second-order valence-corrected chi connectivity index (χ2v) is 6.42. The molecule has 0 N–H and O–H groups in total. The highest BCUT2D eigenvalue weighted by atomic mass is 32.1. The van der Waals surface area contributed by atoms with E-state index in [0.29, 0.717) is 11.3 Å². The van der Waals surface area contributed by atoms with Crippen LogP contribution in [0.15, 0.2) is 18.2 Å². The second-order valence-electron chi connectivity index (χ2n) is 5.67. The van der Waals surface area contributed by atoms with Crippen LogP contribution < -0.4 is 9.47 Å². The van der Waals surface area contributed by atoms with Gasteiger partial charge in [-0.3, -0.25) is 4.79 Å². The van der Waals surface area contributed by atoms with Crippen LogP contribution in [0.1, 0.15) is 46.7 Å². The molecule has 2 aromatic rings. The molecule has 2 heterocycles. The average molecular weight is 347 g/mol. The van der Waals surface area contributed by atoms with Crippen molar-refractivity contribution in [2.75, 3.05) is 20.8 Å². The predicted octanol–water partition coefficient (Wildman–Crippen LogP) is 3.10. The zero-order chi connectivity index (χ0) is 17.1. The van der Waals surface area contributed by atoms with Gasteiger partial charge in [0, 0.05) is 12.1 Å². The van der Waals surface area contributed by atoms with Gasteiger partial charge in [-0.1, -0.05) is 11.4 Å². The molecule has 7 heteroatoms. The smallest absolute Gasteiger partial charge is 0.268 e. The first-order chi connectivity index (χ1) is 11.7. The van der Waals surface area contributed by atoms with Crippen LogP contribution in [-0.4, -0.2) is 41.2 Å². The van der Waals surface area contributed by atoms with Crippen molar-refractivity contribution in [2.24, 2.45) is 0 Å². The molecule has 0 saturated carbocycles. The number of benzene rings is 1. The van der Waals surface area contributed by atoms with Crippen molar-refractivity contribution in [3.63, 3.8) is 0 Å². The summed E-state index contributed by atoms with van der Waals surface area (Å²) in [4.78, 5) is 15.6. The van der Waals surface area contributed by atoms with Crippen molar-refractivity contribution in [3.8, 4) is 11.5 Å². The molecule has 1 atom stereocenters. The van der Waals surface area contributed by atoms with Gasteiger partial charge in [0.05, 0.1) is 26.0 Å². The number of methoxy groups -OCH3 is 2. The largest absolute Gasteiger partial charge is 0.497 e. The summed E-state index contributed by atoms with van der Waals surface area (Å²) in [6, 6.07) is 5.70. The molecule has 1 fully saturated rings. The summed E-state index contributed by atoms with van der Waals surface area (Å²) in [6.07, 6.45) is 2.58. The molecule has 0 unspecified atom stereocenters. The Bertz CT molecular complexity index is 732. The van der Waals surface area contributed by atoms with Gasteiger partial charge in [0.25, 0.3) is 5.91 Å². The highest BCUT2D eigenvalue weighted by Crippen LogP contribution is 2.40. The van der Waals surface area contributed by atoms with Crippen molar-refractivity contribution >= 4 is 17.4 Å². The monoisotopic (exact) mass is 347 g/mol. The molecular formula is C17H21N3O3S. The maximum Gasteiger partial charge on any atom is 0.268 e. The Kier molecular flexibility index (Phi) is 4.99. The number of ether oxygens (including phenoxy) is 2. The van der Waals surface area contributed by atoms with E-state index >= 15 is 0 Å². The Labute approximate surface area is 145 Å². The molecule has 128 valence electrons. The highest BCUT2D eigenvalue weighted by molar-refractivity contribution is 7.08. The summed E-state index contributed by atoms with van der Waals surface area (Å²) in [6.45, 7) is 2.71. The van der Waals surface area contributed by atoms with Gasteiger partial charge in [0.2, 0.25) is 0 Å². The lowest BCUT2D eigenvalue weighted by atomic mass is 10.0. The van der Waals surface area contributed by atoms with E-state index in [9.17, 15) is 4.79 Å². The molecule has 0 radical (unpaired) electrons. The number of aromatic nitrogens is 2. The first kappa shape index (κ1) is 16.7. The van der Waals surface area contributed by atoms with E-state index in [1.54, 1.807) is 14.2 Å². The number of carbonyl (C=O) groups is 1. The average Bonchev–Trinajstić information content (AvgIpc) is 3.29. The summed E-state index contributed by atoms with van der Waals surface area (Å²) in [5, 5.41) is 4.06. The van der Waals surface area contributed by atoms with Crippen molar-refractivity contribution in [1.29, 1.82) is 0 Å². The van der Waals surface area contributed by atoms with Crippen LogP contribution in [-0.2, 0) is 6.42 Å². The fourth-order valence-corrected chi connectivity index (χ4v) is 3.87. The summed E-state index contributed by atoms with van der Waals surface area (Å²) in [7, 11) is 3.29. The molecule has 3 rings (SSSR count). The molecule has 1 aliphatic rings. The predicted molar refractivity (Wildman–Crippen MR) is 91.8 cm³/mol. The zero-order valence-electron chi connectivity index (χ0n) is 14.1. The second kappa shape index (κ2) is 7.17. The highest BCUT2D eigenvalue weighted by Gasteiger charge is 2.34. The van der Waals surface area contributed by atoms with Gasteiger partial charge in [-0.25, -0.2) is 0 Å². The van der Waals surface area contributed by atoms with Crippen LogP contribution in [0.3, 0.4) is 0 Å². The van der Waals surface area contributed by atoms with Crippen molar-refractivity contribution in [2.45, 2.75) is 32.2 Å². The molecule has 0 bridgehead atoms. The Balaban J connectivity index is 1.95. The van der Waals surface area contributed by atoms with Crippen LogP contribution in [0.5, 0.6) is 11.5 Å². The van der Waals surface area contributed by atoms with Crippen LogP contribution in [0.4, 0.5) is 0 Å². The molecule has 0 spiro atoms. The lowest BCUT2D eigenvalue weighted by Gasteiger charge is -2.26. The molecule has 1 aliphatic heterocycles. The van der Waals surface area contributed by atoms with Crippen LogP contribution in [0.25, 0.3) is 0 Å². The van der Waals surface area contributed by atoms with Gasteiger partial charge in [-0.2, -0.15) is 0 Å². The van der Waals surface area contributed by atoms with Gasteiger partial charge in [0.15, 0.2) is 0 Å². The van der Waals surface area contributed by atoms with E-state index in [0.717, 1.165) is 42.1 Å². The number of hydrogen-bond donors (Lipinski definition) is 0. The lowest BCUT2D eigenvalue weighted by molar-refractivity contribution is 0.0737. The third-order valence-corrected chi connectivity index (χ3v) is 5.15.